The van der Waals surface area contributed by atoms with Crippen LogP contribution in [0.25, 0.3) is 0 Å². The zero-order valence-electron chi connectivity index (χ0n) is 11.1. The summed E-state index contributed by atoms with van der Waals surface area (Å²) in [6.45, 7) is 1.62. The molecule has 0 radical (unpaired) electrons. The number of carboxylic acid groups (broad SMARTS) is 1. The van der Waals surface area contributed by atoms with Crippen LogP contribution in [-0.4, -0.2) is 21.0 Å². The minimum atomic E-state index is -1.17. The summed E-state index contributed by atoms with van der Waals surface area (Å²) in [5, 5.41) is 20.0. The van der Waals surface area contributed by atoms with E-state index in [1.165, 1.54) is 18.3 Å². The standard InChI is InChI=1S/C14H12N2O5/c1-9-4-5-12(11(7-9)16(19)20)21-8-10-3-2-6-15-13(10)14(17)18/h2-7H,8H2,1H3,(H,17,18). The number of pyridine rings is 1. The van der Waals surface area contributed by atoms with Crippen LogP contribution in [0.4, 0.5) is 5.69 Å². The average molecular weight is 288 g/mol. The van der Waals surface area contributed by atoms with Crippen molar-refractivity contribution in [3.63, 3.8) is 0 Å². The van der Waals surface area contributed by atoms with Crippen LogP contribution in [0.5, 0.6) is 5.75 Å². The molecule has 0 atom stereocenters. The summed E-state index contributed by atoms with van der Waals surface area (Å²) in [5.41, 5.74) is 0.796. The monoisotopic (exact) mass is 288 g/mol. The molecule has 0 unspecified atom stereocenters. The summed E-state index contributed by atoms with van der Waals surface area (Å²) in [6.07, 6.45) is 1.36. The maximum absolute atomic E-state index is 11.0. The number of carboxylic acids is 1. The van der Waals surface area contributed by atoms with E-state index < -0.39 is 10.9 Å². The van der Waals surface area contributed by atoms with Crippen LogP contribution >= 0.6 is 0 Å². The van der Waals surface area contributed by atoms with E-state index in [4.69, 9.17) is 9.84 Å². The Hall–Kier alpha value is -2.96. The number of aryl methyl sites for hydroxylation is 1. The number of benzene rings is 1. The summed E-state index contributed by atoms with van der Waals surface area (Å²) >= 11 is 0. The van der Waals surface area contributed by atoms with Crippen LogP contribution in [0.2, 0.25) is 0 Å². The molecule has 2 rings (SSSR count). The fourth-order valence-corrected chi connectivity index (χ4v) is 1.80. The van der Waals surface area contributed by atoms with Gasteiger partial charge in [-0.2, -0.15) is 0 Å². The van der Waals surface area contributed by atoms with E-state index in [9.17, 15) is 14.9 Å². The highest BCUT2D eigenvalue weighted by Gasteiger charge is 2.17. The first-order valence-electron chi connectivity index (χ1n) is 6.04. The first-order valence-corrected chi connectivity index (χ1v) is 6.04. The van der Waals surface area contributed by atoms with Gasteiger partial charge >= 0.3 is 11.7 Å². The Bertz CT molecular complexity index is 700. The van der Waals surface area contributed by atoms with Crippen molar-refractivity contribution in [2.75, 3.05) is 0 Å². The first-order chi connectivity index (χ1) is 9.99. The molecule has 1 aromatic heterocycles. The molecule has 0 aliphatic carbocycles. The molecule has 7 nitrogen and oxygen atoms in total. The highest BCUT2D eigenvalue weighted by atomic mass is 16.6. The van der Waals surface area contributed by atoms with Gasteiger partial charge in [0.1, 0.15) is 6.61 Å². The van der Waals surface area contributed by atoms with Crippen molar-refractivity contribution in [2.24, 2.45) is 0 Å². The molecule has 0 saturated heterocycles. The highest BCUT2D eigenvalue weighted by molar-refractivity contribution is 5.86. The number of ether oxygens (including phenoxy) is 1. The van der Waals surface area contributed by atoms with Gasteiger partial charge in [-0.1, -0.05) is 12.1 Å². The highest BCUT2D eigenvalue weighted by Crippen LogP contribution is 2.28. The molecular formula is C14H12N2O5. The molecular weight excluding hydrogens is 276 g/mol. The Morgan fingerprint density at radius 2 is 2.19 bits per heavy atom. The van der Waals surface area contributed by atoms with Crippen molar-refractivity contribution in [1.29, 1.82) is 0 Å². The minimum Gasteiger partial charge on any atom is -0.482 e. The molecule has 0 bridgehead atoms. The Morgan fingerprint density at radius 3 is 2.86 bits per heavy atom. The molecule has 0 aliphatic rings. The number of aromatic carboxylic acids is 1. The Labute approximate surface area is 120 Å². The number of nitro groups is 1. The molecule has 0 fully saturated rings. The maximum atomic E-state index is 11.0. The van der Waals surface area contributed by atoms with E-state index in [2.05, 4.69) is 4.98 Å². The fourth-order valence-electron chi connectivity index (χ4n) is 1.80. The van der Waals surface area contributed by atoms with E-state index in [-0.39, 0.29) is 23.7 Å². The van der Waals surface area contributed by atoms with Crippen LogP contribution < -0.4 is 4.74 Å². The summed E-state index contributed by atoms with van der Waals surface area (Å²) < 4.78 is 5.39. The van der Waals surface area contributed by atoms with Crippen LogP contribution in [0.1, 0.15) is 21.6 Å². The Morgan fingerprint density at radius 1 is 1.43 bits per heavy atom. The van der Waals surface area contributed by atoms with Gasteiger partial charge in [0.05, 0.1) is 4.92 Å². The number of aromatic nitrogens is 1. The van der Waals surface area contributed by atoms with Crippen molar-refractivity contribution in [2.45, 2.75) is 13.5 Å². The molecule has 7 heteroatoms. The van der Waals surface area contributed by atoms with Gasteiger partial charge in [-0.05, 0) is 24.6 Å². The summed E-state index contributed by atoms with van der Waals surface area (Å²) in [5.74, 6) is -1.08. The lowest BCUT2D eigenvalue weighted by molar-refractivity contribution is -0.386. The lowest BCUT2D eigenvalue weighted by Gasteiger charge is -2.08. The normalized spacial score (nSPS) is 10.1. The smallest absolute Gasteiger partial charge is 0.354 e. The molecule has 0 spiro atoms. The topological polar surface area (TPSA) is 103 Å². The number of rotatable bonds is 5. The van der Waals surface area contributed by atoms with Gasteiger partial charge in [0.2, 0.25) is 0 Å². The first kappa shape index (κ1) is 14.4. The lowest BCUT2D eigenvalue weighted by atomic mass is 10.2. The van der Waals surface area contributed by atoms with Crippen molar-refractivity contribution in [1.82, 2.24) is 4.98 Å². The van der Waals surface area contributed by atoms with Gasteiger partial charge in [-0.15, -0.1) is 0 Å². The molecule has 108 valence electrons. The third kappa shape index (κ3) is 3.33. The predicted octanol–water partition coefficient (Wildman–Crippen LogP) is 2.58. The van der Waals surface area contributed by atoms with Crippen LogP contribution in [0.3, 0.4) is 0 Å². The predicted molar refractivity (Wildman–Crippen MR) is 73.4 cm³/mol. The van der Waals surface area contributed by atoms with Gasteiger partial charge in [-0.25, -0.2) is 9.78 Å². The van der Waals surface area contributed by atoms with E-state index >= 15 is 0 Å². The summed E-state index contributed by atoms with van der Waals surface area (Å²) in [4.78, 5) is 25.2. The number of nitro benzene ring substituents is 1. The van der Waals surface area contributed by atoms with Crippen molar-refractivity contribution >= 4 is 11.7 Å². The minimum absolute atomic E-state index is 0.0887. The van der Waals surface area contributed by atoms with Crippen molar-refractivity contribution < 1.29 is 19.6 Å². The second-order valence-corrected chi connectivity index (χ2v) is 4.33. The molecule has 0 saturated carbocycles. The quantitative estimate of drug-likeness (QED) is 0.670. The molecule has 21 heavy (non-hydrogen) atoms. The number of nitrogens with zero attached hydrogens (tertiary/aromatic N) is 2. The van der Waals surface area contributed by atoms with Gasteiger partial charge < -0.3 is 9.84 Å². The second kappa shape index (κ2) is 6.00. The number of carbonyl (C=O) groups is 1. The van der Waals surface area contributed by atoms with E-state index in [0.29, 0.717) is 5.56 Å². The third-order valence-electron chi connectivity index (χ3n) is 2.79. The van der Waals surface area contributed by atoms with Gasteiger partial charge in [0.15, 0.2) is 11.4 Å². The largest absolute Gasteiger partial charge is 0.482 e. The van der Waals surface area contributed by atoms with Gasteiger partial charge in [0.25, 0.3) is 0 Å². The van der Waals surface area contributed by atoms with Crippen LogP contribution in [0, 0.1) is 17.0 Å². The summed E-state index contributed by atoms with van der Waals surface area (Å²) in [6, 6.07) is 7.70. The zero-order valence-corrected chi connectivity index (χ0v) is 11.1. The third-order valence-corrected chi connectivity index (χ3v) is 2.79. The van der Waals surface area contributed by atoms with Crippen LogP contribution in [-0.2, 0) is 6.61 Å². The van der Waals surface area contributed by atoms with Gasteiger partial charge in [0, 0.05) is 17.8 Å². The van der Waals surface area contributed by atoms with Gasteiger partial charge in [-0.3, -0.25) is 10.1 Å². The average Bonchev–Trinajstić information content (AvgIpc) is 2.46. The van der Waals surface area contributed by atoms with Crippen molar-refractivity contribution in [3.8, 4) is 5.75 Å². The Kier molecular flexibility index (Phi) is 4.13. The van der Waals surface area contributed by atoms with Crippen LogP contribution in [0.15, 0.2) is 36.5 Å². The van der Waals surface area contributed by atoms with E-state index in [1.54, 1.807) is 25.1 Å². The number of hydrogen-bond acceptors (Lipinski definition) is 5. The van der Waals surface area contributed by atoms with Crippen molar-refractivity contribution in [3.05, 3.63) is 63.5 Å². The number of hydrogen-bond donors (Lipinski definition) is 1. The molecule has 1 heterocycles. The SMILES string of the molecule is Cc1ccc(OCc2cccnc2C(=O)O)c([N+](=O)[O-])c1. The molecule has 1 N–H and O–H groups in total. The lowest BCUT2D eigenvalue weighted by Crippen LogP contribution is -2.08. The second-order valence-electron chi connectivity index (χ2n) is 4.33. The fraction of sp³-hybridized carbons (Fsp3) is 0.143. The summed E-state index contributed by atoms with van der Waals surface area (Å²) in [7, 11) is 0. The molecule has 2 aromatic rings. The molecule has 0 amide bonds. The zero-order chi connectivity index (χ0) is 15.4. The Balaban J connectivity index is 2.25. The molecule has 0 aliphatic heterocycles. The van der Waals surface area contributed by atoms with E-state index in [0.717, 1.165) is 5.56 Å². The maximum Gasteiger partial charge on any atom is 0.354 e. The molecule has 1 aromatic carbocycles. The van der Waals surface area contributed by atoms with E-state index in [1.807, 2.05) is 0 Å².